The minimum Gasteiger partial charge on any atom is -0.370 e. The fraction of sp³-hybridized carbons (Fsp3) is 0.360. The first kappa shape index (κ1) is 22.2. The van der Waals surface area contributed by atoms with Gasteiger partial charge in [-0.3, -0.25) is 9.69 Å². The lowest BCUT2D eigenvalue weighted by atomic mass is 10.1. The van der Waals surface area contributed by atoms with Gasteiger partial charge in [-0.2, -0.15) is 0 Å². The predicted octanol–water partition coefficient (Wildman–Crippen LogP) is 2.38. The summed E-state index contributed by atoms with van der Waals surface area (Å²) in [5.74, 6) is 1.44. The molecule has 3 aliphatic heterocycles. The van der Waals surface area contributed by atoms with Crippen LogP contribution < -0.4 is 21.3 Å². The van der Waals surface area contributed by atoms with E-state index in [4.69, 9.17) is 0 Å². The van der Waals surface area contributed by atoms with Gasteiger partial charge in [0.25, 0.3) is 0 Å². The molecule has 2 unspecified atom stereocenters. The van der Waals surface area contributed by atoms with E-state index in [0.717, 1.165) is 61.9 Å². The van der Waals surface area contributed by atoms with Crippen molar-refractivity contribution in [3.05, 3.63) is 60.4 Å². The second-order valence-electron chi connectivity index (χ2n) is 8.74. The first-order chi connectivity index (χ1) is 16.7. The zero-order valence-electron chi connectivity index (χ0n) is 19.1. The SMILES string of the molecule is O=C1CC2CN(CCN2)Cc2cccc(c2)Nc2nccc(n2)-c2ccc(nc2)NCCCN1. The number of anilines is 3. The van der Waals surface area contributed by atoms with Crippen molar-refractivity contribution in [2.45, 2.75) is 25.4 Å². The van der Waals surface area contributed by atoms with Gasteiger partial charge in [0.2, 0.25) is 11.9 Å². The summed E-state index contributed by atoms with van der Waals surface area (Å²) in [5.41, 5.74) is 3.89. The molecule has 1 aromatic carbocycles. The average Bonchev–Trinajstić information content (AvgIpc) is 2.84. The number of fused-ring (bicyclic) bond motifs is 8. The van der Waals surface area contributed by atoms with Crippen LogP contribution in [0.25, 0.3) is 11.3 Å². The molecule has 176 valence electrons. The lowest BCUT2D eigenvalue weighted by Crippen LogP contribution is -2.51. The molecule has 6 rings (SSSR count). The number of pyridine rings is 1. The molecule has 2 atom stereocenters. The van der Waals surface area contributed by atoms with E-state index in [0.29, 0.717) is 18.9 Å². The van der Waals surface area contributed by atoms with Gasteiger partial charge in [-0.1, -0.05) is 12.1 Å². The van der Waals surface area contributed by atoms with Gasteiger partial charge in [-0.15, -0.1) is 0 Å². The second kappa shape index (κ2) is 10.6. The molecule has 4 N–H and O–H groups in total. The van der Waals surface area contributed by atoms with Crippen molar-refractivity contribution in [1.82, 2.24) is 30.5 Å². The Morgan fingerprint density at radius 1 is 1.00 bits per heavy atom. The molecule has 0 spiro atoms. The maximum atomic E-state index is 12.4. The summed E-state index contributed by atoms with van der Waals surface area (Å²) in [6.07, 6.45) is 4.89. The maximum Gasteiger partial charge on any atom is 0.227 e. The monoisotopic (exact) mass is 458 g/mol. The highest BCUT2D eigenvalue weighted by atomic mass is 16.1. The number of hydrogen-bond donors (Lipinski definition) is 4. The van der Waals surface area contributed by atoms with E-state index in [1.165, 1.54) is 5.56 Å². The van der Waals surface area contributed by atoms with Crippen LogP contribution in [0.5, 0.6) is 0 Å². The number of hydrogen-bond acceptors (Lipinski definition) is 8. The van der Waals surface area contributed by atoms with Gasteiger partial charge in [0.15, 0.2) is 0 Å². The smallest absolute Gasteiger partial charge is 0.227 e. The Morgan fingerprint density at radius 2 is 1.94 bits per heavy atom. The summed E-state index contributed by atoms with van der Waals surface area (Å²) in [6, 6.07) is 14.3. The van der Waals surface area contributed by atoms with Crippen LogP contribution in [-0.4, -0.2) is 64.5 Å². The Morgan fingerprint density at radius 3 is 2.85 bits per heavy atom. The molecule has 1 fully saturated rings. The summed E-state index contributed by atoms with van der Waals surface area (Å²) < 4.78 is 0. The van der Waals surface area contributed by atoms with E-state index < -0.39 is 0 Å². The summed E-state index contributed by atoms with van der Waals surface area (Å²) in [4.78, 5) is 28.4. The number of rotatable bonds is 0. The van der Waals surface area contributed by atoms with Crippen molar-refractivity contribution in [3.8, 4) is 11.3 Å². The molecular formula is C25H30N8O. The molecule has 1 amide bonds. The number of piperazine rings is 1. The topological polar surface area (TPSA) is 107 Å². The van der Waals surface area contributed by atoms with E-state index in [1.807, 2.05) is 36.5 Å². The Hall–Kier alpha value is -3.56. The summed E-state index contributed by atoms with van der Waals surface area (Å²) in [5, 5.41) is 13.2. The fourth-order valence-electron chi connectivity index (χ4n) is 4.37. The van der Waals surface area contributed by atoms with E-state index in [2.05, 4.69) is 53.3 Å². The molecule has 1 saturated heterocycles. The van der Waals surface area contributed by atoms with Gasteiger partial charge < -0.3 is 21.3 Å². The molecule has 34 heavy (non-hydrogen) atoms. The van der Waals surface area contributed by atoms with E-state index in [9.17, 15) is 4.79 Å². The molecule has 0 aliphatic carbocycles. The number of nitrogens with one attached hydrogen (secondary N) is 4. The normalized spacial score (nSPS) is 21.2. The molecule has 8 bridgehead atoms. The minimum absolute atomic E-state index is 0.0938. The molecule has 9 nitrogen and oxygen atoms in total. The predicted molar refractivity (Wildman–Crippen MR) is 133 cm³/mol. The number of amides is 1. The summed E-state index contributed by atoms with van der Waals surface area (Å²) in [6.45, 7) is 4.90. The van der Waals surface area contributed by atoms with Crippen molar-refractivity contribution in [1.29, 1.82) is 0 Å². The van der Waals surface area contributed by atoms with Crippen molar-refractivity contribution in [2.24, 2.45) is 0 Å². The third kappa shape index (κ3) is 5.86. The number of aromatic nitrogens is 3. The van der Waals surface area contributed by atoms with Crippen molar-refractivity contribution in [2.75, 3.05) is 43.4 Å². The molecule has 9 heteroatoms. The lowest BCUT2D eigenvalue weighted by molar-refractivity contribution is -0.121. The Kier molecular flexibility index (Phi) is 6.92. The minimum atomic E-state index is 0.0938. The van der Waals surface area contributed by atoms with Crippen LogP contribution in [0.4, 0.5) is 17.5 Å². The molecule has 0 saturated carbocycles. The van der Waals surface area contributed by atoms with Crippen LogP contribution in [0.2, 0.25) is 0 Å². The van der Waals surface area contributed by atoms with E-state index in [-0.39, 0.29) is 11.9 Å². The highest BCUT2D eigenvalue weighted by Crippen LogP contribution is 2.21. The third-order valence-electron chi connectivity index (χ3n) is 6.06. The van der Waals surface area contributed by atoms with Crippen LogP contribution >= 0.6 is 0 Å². The van der Waals surface area contributed by atoms with Gasteiger partial charge in [-0.25, -0.2) is 15.0 Å². The summed E-state index contributed by atoms with van der Waals surface area (Å²) >= 11 is 0. The van der Waals surface area contributed by atoms with Gasteiger partial charge in [0, 0.05) is 75.4 Å². The van der Waals surface area contributed by atoms with Gasteiger partial charge in [0.05, 0.1) is 5.69 Å². The number of carbonyl (C=O) groups is 1. The largest absolute Gasteiger partial charge is 0.370 e. The molecule has 0 radical (unpaired) electrons. The Labute approximate surface area is 199 Å². The van der Waals surface area contributed by atoms with Crippen LogP contribution in [-0.2, 0) is 11.3 Å². The number of carbonyl (C=O) groups excluding carboxylic acids is 1. The summed E-state index contributed by atoms with van der Waals surface area (Å²) in [7, 11) is 0. The van der Waals surface area contributed by atoms with E-state index in [1.54, 1.807) is 6.20 Å². The number of nitrogens with zero attached hydrogens (tertiary/aromatic N) is 4. The highest BCUT2D eigenvalue weighted by molar-refractivity contribution is 5.76. The zero-order valence-corrected chi connectivity index (χ0v) is 19.1. The van der Waals surface area contributed by atoms with E-state index >= 15 is 0 Å². The zero-order chi connectivity index (χ0) is 23.2. The van der Waals surface area contributed by atoms with Gasteiger partial charge >= 0.3 is 0 Å². The van der Waals surface area contributed by atoms with Crippen LogP contribution in [0.1, 0.15) is 18.4 Å². The highest BCUT2D eigenvalue weighted by Gasteiger charge is 2.21. The maximum absolute atomic E-state index is 12.4. The Bertz CT molecular complexity index is 1120. The fourth-order valence-corrected chi connectivity index (χ4v) is 4.37. The molecule has 2 aromatic heterocycles. The van der Waals surface area contributed by atoms with Crippen molar-refractivity contribution < 1.29 is 4.79 Å². The van der Waals surface area contributed by atoms with Crippen LogP contribution in [0.15, 0.2) is 54.9 Å². The molecule has 5 heterocycles. The third-order valence-corrected chi connectivity index (χ3v) is 6.06. The first-order valence-electron chi connectivity index (χ1n) is 11.8. The lowest BCUT2D eigenvalue weighted by Gasteiger charge is -2.33. The van der Waals surface area contributed by atoms with Gasteiger partial charge in [-0.05, 0) is 42.3 Å². The average molecular weight is 459 g/mol. The van der Waals surface area contributed by atoms with Crippen LogP contribution in [0, 0.1) is 0 Å². The first-order valence-corrected chi connectivity index (χ1v) is 11.8. The van der Waals surface area contributed by atoms with Crippen LogP contribution in [0.3, 0.4) is 0 Å². The number of benzene rings is 1. The van der Waals surface area contributed by atoms with Gasteiger partial charge in [0.1, 0.15) is 5.82 Å². The standard InChI is InChI=1S/C25H30N8O/c34-24-14-21-17-33(12-11-26-21)16-18-3-1-4-20(13-18)31-25-29-10-7-22(32-25)19-5-6-23(30-15-19)27-8-2-9-28-24/h1,3-7,10,13,15,21,26H,2,8-9,11-12,14,16-17H2,(H,27,30)(H,28,34)(H,29,31,32). The van der Waals surface area contributed by atoms with Crippen molar-refractivity contribution in [3.63, 3.8) is 0 Å². The Balaban J connectivity index is 1.38. The molecular weight excluding hydrogens is 428 g/mol. The molecule has 3 aliphatic rings. The second-order valence-corrected chi connectivity index (χ2v) is 8.74. The molecule has 3 aromatic rings. The quantitative estimate of drug-likeness (QED) is 0.407. The van der Waals surface area contributed by atoms with Crippen molar-refractivity contribution >= 4 is 23.4 Å².